The second-order valence-corrected chi connectivity index (χ2v) is 4.47. The Kier molecular flexibility index (Phi) is 2.87. The molecule has 0 aliphatic rings. The van der Waals surface area contributed by atoms with Crippen LogP contribution in [0.3, 0.4) is 0 Å². The van der Waals surface area contributed by atoms with Gasteiger partial charge in [0.05, 0.1) is 0 Å². The maximum absolute atomic E-state index is 4.37. The molecule has 0 saturated heterocycles. The zero-order valence-corrected chi connectivity index (χ0v) is 10.4. The zero-order chi connectivity index (χ0) is 10.8. The summed E-state index contributed by atoms with van der Waals surface area (Å²) in [7, 11) is 0. The zero-order valence-electron chi connectivity index (χ0n) is 8.79. The fourth-order valence-electron chi connectivity index (χ4n) is 1.69. The van der Waals surface area contributed by atoms with Crippen LogP contribution in [0.2, 0.25) is 0 Å². The molecule has 0 aliphatic carbocycles. The highest BCUT2D eigenvalue weighted by atomic mass is 79.9. The molecule has 1 nitrogen and oxygen atoms in total. The molecule has 1 aromatic heterocycles. The van der Waals surface area contributed by atoms with Gasteiger partial charge in [-0.2, -0.15) is 0 Å². The van der Waals surface area contributed by atoms with Crippen LogP contribution in [0.1, 0.15) is 11.4 Å². The number of halogens is 1. The predicted octanol–water partition coefficient (Wildman–Crippen LogP) is 4.13. The summed E-state index contributed by atoms with van der Waals surface area (Å²) in [5, 5.41) is 0. The highest BCUT2D eigenvalue weighted by Gasteiger charge is 2.03. The molecule has 2 heteroatoms. The first kappa shape index (κ1) is 10.4. The van der Waals surface area contributed by atoms with Crippen molar-refractivity contribution in [1.29, 1.82) is 0 Å². The summed E-state index contributed by atoms with van der Waals surface area (Å²) in [6.45, 7) is 4.04. The first-order valence-electron chi connectivity index (χ1n) is 4.87. The number of aromatic nitrogens is 1. The Balaban J connectivity index is 2.59. The van der Waals surface area contributed by atoms with Crippen molar-refractivity contribution in [3.63, 3.8) is 0 Å². The third-order valence-corrected chi connectivity index (χ3v) is 2.96. The molecular weight excluding hydrogens is 250 g/mol. The van der Waals surface area contributed by atoms with E-state index in [4.69, 9.17) is 0 Å². The van der Waals surface area contributed by atoms with Gasteiger partial charge in [0.1, 0.15) is 0 Å². The number of hydrogen-bond donors (Lipinski definition) is 0. The Morgan fingerprint density at radius 1 is 1.00 bits per heavy atom. The van der Waals surface area contributed by atoms with Gasteiger partial charge in [0, 0.05) is 15.9 Å². The first-order chi connectivity index (χ1) is 7.16. The minimum Gasteiger partial charge on any atom is -0.258 e. The molecule has 0 fully saturated rings. The SMILES string of the molecule is Cc1cc(-c2ccccc2Br)cc(C)n1. The third-order valence-electron chi connectivity index (χ3n) is 2.27. The van der Waals surface area contributed by atoms with Crippen LogP contribution < -0.4 is 0 Å². The van der Waals surface area contributed by atoms with E-state index in [1.807, 2.05) is 26.0 Å². The number of nitrogens with zero attached hydrogens (tertiary/aromatic N) is 1. The van der Waals surface area contributed by atoms with Crippen LogP contribution >= 0.6 is 15.9 Å². The Hall–Kier alpha value is -1.15. The molecule has 0 amide bonds. The molecule has 15 heavy (non-hydrogen) atoms. The molecule has 1 heterocycles. The van der Waals surface area contributed by atoms with Crippen LogP contribution in [0.5, 0.6) is 0 Å². The van der Waals surface area contributed by atoms with Crippen LogP contribution in [0.15, 0.2) is 40.9 Å². The summed E-state index contributed by atoms with van der Waals surface area (Å²) in [6.07, 6.45) is 0. The lowest BCUT2D eigenvalue weighted by molar-refractivity contribution is 1.12. The van der Waals surface area contributed by atoms with Crippen molar-refractivity contribution >= 4 is 15.9 Å². The average molecular weight is 262 g/mol. The summed E-state index contributed by atoms with van der Waals surface area (Å²) in [6, 6.07) is 12.4. The Morgan fingerprint density at radius 2 is 1.60 bits per heavy atom. The Bertz CT molecular complexity index is 471. The van der Waals surface area contributed by atoms with E-state index in [9.17, 15) is 0 Å². The van der Waals surface area contributed by atoms with E-state index in [-0.39, 0.29) is 0 Å². The number of rotatable bonds is 1. The van der Waals surface area contributed by atoms with Crippen LogP contribution in [-0.2, 0) is 0 Å². The molecular formula is C13H12BrN. The van der Waals surface area contributed by atoms with Crippen molar-refractivity contribution in [1.82, 2.24) is 4.98 Å². The average Bonchev–Trinajstić information content (AvgIpc) is 2.16. The topological polar surface area (TPSA) is 12.9 Å². The second kappa shape index (κ2) is 4.15. The molecule has 76 valence electrons. The van der Waals surface area contributed by atoms with Crippen molar-refractivity contribution in [2.75, 3.05) is 0 Å². The van der Waals surface area contributed by atoms with E-state index >= 15 is 0 Å². The lowest BCUT2D eigenvalue weighted by Crippen LogP contribution is -1.88. The summed E-state index contributed by atoms with van der Waals surface area (Å²) in [4.78, 5) is 4.37. The number of aryl methyl sites for hydroxylation is 2. The minimum absolute atomic E-state index is 1.06. The van der Waals surface area contributed by atoms with Gasteiger partial charge in [0.15, 0.2) is 0 Å². The molecule has 0 radical (unpaired) electrons. The fourth-order valence-corrected chi connectivity index (χ4v) is 2.20. The number of hydrogen-bond acceptors (Lipinski definition) is 1. The van der Waals surface area contributed by atoms with Gasteiger partial charge in [-0.25, -0.2) is 0 Å². The fraction of sp³-hybridized carbons (Fsp3) is 0.154. The summed E-state index contributed by atoms with van der Waals surface area (Å²) in [5.41, 5.74) is 4.54. The van der Waals surface area contributed by atoms with Crippen molar-refractivity contribution in [3.05, 3.63) is 52.3 Å². The molecule has 0 unspecified atom stereocenters. The smallest absolute Gasteiger partial charge is 0.0382 e. The van der Waals surface area contributed by atoms with Gasteiger partial charge in [0.25, 0.3) is 0 Å². The summed E-state index contributed by atoms with van der Waals surface area (Å²) >= 11 is 3.56. The van der Waals surface area contributed by atoms with Crippen molar-refractivity contribution < 1.29 is 0 Å². The van der Waals surface area contributed by atoms with Crippen molar-refractivity contribution in [3.8, 4) is 11.1 Å². The number of pyridine rings is 1. The van der Waals surface area contributed by atoms with Crippen molar-refractivity contribution in [2.24, 2.45) is 0 Å². The molecule has 0 spiro atoms. The van der Waals surface area contributed by atoms with Gasteiger partial charge in [-0.3, -0.25) is 4.98 Å². The maximum atomic E-state index is 4.37. The number of benzene rings is 1. The van der Waals surface area contributed by atoms with Gasteiger partial charge in [0.2, 0.25) is 0 Å². The van der Waals surface area contributed by atoms with Crippen molar-refractivity contribution in [2.45, 2.75) is 13.8 Å². The van der Waals surface area contributed by atoms with E-state index in [0.717, 1.165) is 15.9 Å². The van der Waals surface area contributed by atoms with Crippen LogP contribution in [0.4, 0.5) is 0 Å². The normalized spacial score (nSPS) is 10.3. The van der Waals surface area contributed by atoms with E-state index < -0.39 is 0 Å². The Morgan fingerprint density at radius 3 is 2.20 bits per heavy atom. The van der Waals surface area contributed by atoms with Gasteiger partial charge in [-0.15, -0.1) is 0 Å². The lowest BCUT2D eigenvalue weighted by atomic mass is 10.1. The minimum atomic E-state index is 1.06. The molecule has 2 rings (SSSR count). The van der Waals surface area contributed by atoms with Crippen LogP contribution in [0.25, 0.3) is 11.1 Å². The largest absolute Gasteiger partial charge is 0.258 e. The second-order valence-electron chi connectivity index (χ2n) is 3.62. The summed E-state index contributed by atoms with van der Waals surface area (Å²) < 4.78 is 1.12. The Labute approximate surface area is 98.3 Å². The highest BCUT2D eigenvalue weighted by Crippen LogP contribution is 2.28. The predicted molar refractivity (Wildman–Crippen MR) is 66.8 cm³/mol. The van der Waals surface area contributed by atoms with Gasteiger partial charge in [-0.1, -0.05) is 34.1 Å². The van der Waals surface area contributed by atoms with Crippen LogP contribution in [-0.4, -0.2) is 4.98 Å². The molecule has 2 aromatic rings. The third kappa shape index (κ3) is 2.26. The first-order valence-corrected chi connectivity index (χ1v) is 5.66. The van der Waals surface area contributed by atoms with Crippen LogP contribution in [0, 0.1) is 13.8 Å². The molecule has 0 atom stereocenters. The van der Waals surface area contributed by atoms with Gasteiger partial charge < -0.3 is 0 Å². The molecule has 0 saturated carbocycles. The van der Waals surface area contributed by atoms with Gasteiger partial charge in [-0.05, 0) is 43.2 Å². The summed E-state index contributed by atoms with van der Waals surface area (Å²) in [5.74, 6) is 0. The quantitative estimate of drug-likeness (QED) is 0.753. The van der Waals surface area contributed by atoms with Gasteiger partial charge >= 0.3 is 0 Å². The van der Waals surface area contributed by atoms with E-state index in [0.29, 0.717) is 0 Å². The molecule has 0 bridgehead atoms. The molecule has 0 N–H and O–H groups in total. The van der Waals surface area contributed by atoms with E-state index in [1.165, 1.54) is 11.1 Å². The lowest BCUT2D eigenvalue weighted by Gasteiger charge is -2.06. The monoisotopic (exact) mass is 261 g/mol. The maximum Gasteiger partial charge on any atom is 0.0382 e. The molecule has 0 aliphatic heterocycles. The standard InChI is InChI=1S/C13H12BrN/c1-9-7-11(8-10(2)15-9)12-5-3-4-6-13(12)14/h3-8H,1-2H3. The molecule has 1 aromatic carbocycles. The van der Waals surface area contributed by atoms with E-state index in [1.54, 1.807) is 0 Å². The van der Waals surface area contributed by atoms with E-state index in [2.05, 4.69) is 45.2 Å². The highest BCUT2D eigenvalue weighted by molar-refractivity contribution is 9.10.